The van der Waals surface area contributed by atoms with Gasteiger partial charge in [-0.15, -0.1) is 0 Å². The summed E-state index contributed by atoms with van der Waals surface area (Å²) in [6.07, 6.45) is 1.71. The molecule has 0 atom stereocenters. The Morgan fingerprint density at radius 1 is 1.10 bits per heavy atom. The van der Waals surface area contributed by atoms with Gasteiger partial charge in [-0.05, 0) is 36.4 Å². The van der Waals surface area contributed by atoms with Crippen molar-refractivity contribution in [3.63, 3.8) is 0 Å². The van der Waals surface area contributed by atoms with Gasteiger partial charge in [-0.25, -0.2) is 8.42 Å². The van der Waals surface area contributed by atoms with Gasteiger partial charge in [0.2, 0.25) is 0 Å². The average Bonchev–Trinajstić information content (AvgIpc) is 2.45. The van der Waals surface area contributed by atoms with E-state index in [0.29, 0.717) is 23.0 Å². The van der Waals surface area contributed by atoms with Crippen LogP contribution in [0.4, 0.5) is 0 Å². The zero-order chi connectivity index (χ0) is 14.4. The van der Waals surface area contributed by atoms with Crippen LogP contribution in [-0.4, -0.2) is 25.7 Å². The van der Waals surface area contributed by atoms with Crippen molar-refractivity contribution in [3.05, 3.63) is 59.4 Å². The highest BCUT2D eigenvalue weighted by molar-refractivity contribution is 7.91. The number of aromatic nitrogens is 1. The van der Waals surface area contributed by atoms with Crippen LogP contribution in [0.25, 0.3) is 0 Å². The summed E-state index contributed by atoms with van der Waals surface area (Å²) >= 11 is 5.74. The Morgan fingerprint density at radius 2 is 1.85 bits per heavy atom. The molecule has 4 nitrogen and oxygen atoms in total. The van der Waals surface area contributed by atoms with Gasteiger partial charge in [0, 0.05) is 24.3 Å². The zero-order valence-electron chi connectivity index (χ0n) is 10.8. The summed E-state index contributed by atoms with van der Waals surface area (Å²) in [6, 6.07) is 11.8. The van der Waals surface area contributed by atoms with E-state index >= 15 is 0 Å². The molecule has 1 heterocycles. The third-order valence-electron chi connectivity index (χ3n) is 2.75. The van der Waals surface area contributed by atoms with E-state index in [2.05, 4.69) is 10.3 Å². The van der Waals surface area contributed by atoms with Gasteiger partial charge in [0.25, 0.3) is 0 Å². The second kappa shape index (κ2) is 6.83. The molecule has 1 N–H and O–H groups in total. The molecule has 0 spiro atoms. The standard InChI is InChI=1S/C14H15ClN2O2S/c15-12-4-6-14(7-5-12)20(18,19)10-9-16-11-13-3-1-2-8-17-13/h1-8,16H,9-11H2. The summed E-state index contributed by atoms with van der Waals surface area (Å²) in [5.74, 6) is 0.0431. The molecule has 0 amide bonds. The van der Waals surface area contributed by atoms with E-state index in [-0.39, 0.29) is 5.75 Å². The molecule has 0 bridgehead atoms. The highest BCUT2D eigenvalue weighted by atomic mass is 35.5. The second-order valence-corrected chi connectivity index (χ2v) is 6.82. The van der Waals surface area contributed by atoms with E-state index in [4.69, 9.17) is 11.6 Å². The molecular formula is C14H15ClN2O2S. The van der Waals surface area contributed by atoms with Crippen LogP contribution < -0.4 is 5.32 Å². The van der Waals surface area contributed by atoms with Gasteiger partial charge in [-0.3, -0.25) is 4.98 Å². The maximum atomic E-state index is 12.1. The lowest BCUT2D eigenvalue weighted by Gasteiger charge is -2.06. The molecule has 2 aromatic rings. The number of rotatable bonds is 6. The minimum absolute atomic E-state index is 0.0431. The zero-order valence-corrected chi connectivity index (χ0v) is 12.4. The van der Waals surface area contributed by atoms with E-state index in [1.807, 2.05) is 18.2 Å². The molecule has 0 aliphatic carbocycles. The number of benzene rings is 1. The number of hydrogen-bond donors (Lipinski definition) is 1. The highest BCUT2D eigenvalue weighted by Crippen LogP contribution is 2.15. The SMILES string of the molecule is O=S(=O)(CCNCc1ccccn1)c1ccc(Cl)cc1. The van der Waals surface area contributed by atoms with Gasteiger partial charge in [-0.1, -0.05) is 17.7 Å². The van der Waals surface area contributed by atoms with Crippen LogP contribution in [0.3, 0.4) is 0 Å². The van der Waals surface area contributed by atoms with Gasteiger partial charge in [-0.2, -0.15) is 0 Å². The quantitative estimate of drug-likeness (QED) is 0.832. The molecule has 0 saturated carbocycles. The van der Waals surface area contributed by atoms with Crippen molar-refractivity contribution >= 4 is 21.4 Å². The Kier molecular flexibility index (Phi) is 5.11. The maximum Gasteiger partial charge on any atom is 0.179 e. The molecular weight excluding hydrogens is 296 g/mol. The fourth-order valence-corrected chi connectivity index (χ4v) is 3.01. The third-order valence-corrected chi connectivity index (χ3v) is 4.74. The molecule has 2 rings (SSSR count). The van der Waals surface area contributed by atoms with E-state index in [1.54, 1.807) is 18.3 Å². The smallest absolute Gasteiger partial charge is 0.179 e. The fourth-order valence-electron chi connectivity index (χ4n) is 1.69. The monoisotopic (exact) mass is 310 g/mol. The van der Waals surface area contributed by atoms with Crippen LogP contribution in [-0.2, 0) is 16.4 Å². The summed E-state index contributed by atoms with van der Waals surface area (Å²) in [4.78, 5) is 4.45. The average molecular weight is 311 g/mol. The van der Waals surface area contributed by atoms with Crippen molar-refractivity contribution < 1.29 is 8.42 Å². The first-order valence-corrected chi connectivity index (χ1v) is 8.20. The predicted molar refractivity (Wildman–Crippen MR) is 79.4 cm³/mol. The summed E-state index contributed by atoms with van der Waals surface area (Å²) in [5.41, 5.74) is 0.886. The van der Waals surface area contributed by atoms with Gasteiger partial charge < -0.3 is 5.32 Å². The Hall–Kier alpha value is -1.43. The highest BCUT2D eigenvalue weighted by Gasteiger charge is 2.13. The number of nitrogens with one attached hydrogen (secondary N) is 1. The van der Waals surface area contributed by atoms with Gasteiger partial charge in [0.1, 0.15) is 0 Å². The molecule has 0 radical (unpaired) electrons. The topological polar surface area (TPSA) is 59.1 Å². The van der Waals surface area contributed by atoms with Crippen molar-refractivity contribution in [2.75, 3.05) is 12.3 Å². The van der Waals surface area contributed by atoms with Crippen LogP contribution in [0.15, 0.2) is 53.6 Å². The molecule has 0 saturated heterocycles. The Labute approximate surface area is 123 Å². The summed E-state index contributed by atoms with van der Waals surface area (Å²) in [7, 11) is -3.27. The van der Waals surface area contributed by atoms with Crippen molar-refractivity contribution in [1.82, 2.24) is 10.3 Å². The number of nitrogens with zero attached hydrogens (tertiary/aromatic N) is 1. The van der Waals surface area contributed by atoms with Crippen LogP contribution >= 0.6 is 11.6 Å². The number of pyridine rings is 1. The summed E-state index contributed by atoms with van der Waals surface area (Å²) in [5, 5.41) is 3.60. The minimum Gasteiger partial charge on any atom is -0.310 e. The molecule has 20 heavy (non-hydrogen) atoms. The van der Waals surface area contributed by atoms with Crippen molar-refractivity contribution in [1.29, 1.82) is 0 Å². The molecule has 0 aliphatic rings. The Balaban J connectivity index is 1.85. The molecule has 1 aromatic carbocycles. The van der Waals surface area contributed by atoms with E-state index < -0.39 is 9.84 Å². The van der Waals surface area contributed by atoms with Gasteiger partial charge >= 0.3 is 0 Å². The predicted octanol–water partition coefficient (Wildman–Crippen LogP) is 2.30. The molecule has 6 heteroatoms. The molecule has 1 aromatic heterocycles. The Bertz CT molecular complexity index is 643. The first-order valence-electron chi connectivity index (χ1n) is 6.17. The Morgan fingerprint density at radius 3 is 2.50 bits per heavy atom. The number of hydrogen-bond acceptors (Lipinski definition) is 4. The van der Waals surface area contributed by atoms with E-state index in [9.17, 15) is 8.42 Å². The summed E-state index contributed by atoms with van der Waals surface area (Å²) in [6.45, 7) is 0.929. The molecule has 0 aliphatic heterocycles. The van der Waals surface area contributed by atoms with Crippen LogP contribution in [0, 0.1) is 0 Å². The van der Waals surface area contributed by atoms with Crippen molar-refractivity contribution in [2.45, 2.75) is 11.4 Å². The maximum absolute atomic E-state index is 12.1. The first kappa shape index (κ1) is 15.0. The minimum atomic E-state index is -3.27. The largest absolute Gasteiger partial charge is 0.310 e. The lowest BCUT2D eigenvalue weighted by Crippen LogP contribution is -2.23. The van der Waals surface area contributed by atoms with Gasteiger partial charge in [0.05, 0.1) is 16.3 Å². The molecule has 106 valence electrons. The van der Waals surface area contributed by atoms with E-state index in [1.165, 1.54) is 12.1 Å². The molecule has 0 unspecified atom stereocenters. The lowest BCUT2D eigenvalue weighted by atomic mass is 10.3. The lowest BCUT2D eigenvalue weighted by molar-refractivity contribution is 0.590. The number of halogens is 1. The van der Waals surface area contributed by atoms with Crippen LogP contribution in [0.1, 0.15) is 5.69 Å². The third kappa shape index (κ3) is 4.30. The normalized spacial score (nSPS) is 11.4. The number of sulfone groups is 1. The van der Waals surface area contributed by atoms with E-state index in [0.717, 1.165) is 5.69 Å². The second-order valence-electron chi connectivity index (χ2n) is 4.27. The summed E-state index contributed by atoms with van der Waals surface area (Å²) < 4.78 is 24.1. The molecule has 0 fully saturated rings. The van der Waals surface area contributed by atoms with Crippen molar-refractivity contribution in [2.24, 2.45) is 0 Å². The van der Waals surface area contributed by atoms with Gasteiger partial charge in [0.15, 0.2) is 9.84 Å². The van der Waals surface area contributed by atoms with Crippen LogP contribution in [0.5, 0.6) is 0 Å². The van der Waals surface area contributed by atoms with Crippen LogP contribution in [0.2, 0.25) is 5.02 Å². The van der Waals surface area contributed by atoms with Crippen molar-refractivity contribution in [3.8, 4) is 0 Å². The fraction of sp³-hybridized carbons (Fsp3) is 0.214. The first-order chi connectivity index (χ1) is 9.58.